The standard InChI is InChI=1S/C27H34N2O2/c1-18-8-13-22-19(2)25(31-24(22)16-18)26(30)28-17-23(29-14-6-7-15-29)20-9-11-21(12-10-20)27(3,4)5/h8-13,16,23H,6-7,14-15,17H2,1-5H3,(H,28,30). The van der Waals surface area contributed by atoms with E-state index >= 15 is 0 Å². The quantitative estimate of drug-likeness (QED) is 0.560. The van der Waals surface area contributed by atoms with E-state index in [4.69, 9.17) is 4.42 Å². The summed E-state index contributed by atoms with van der Waals surface area (Å²) >= 11 is 0. The van der Waals surface area contributed by atoms with Gasteiger partial charge in [-0.05, 0) is 68.0 Å². The summed E-state index contributed by atoms with van der Waals surface area (Å²) in [6.07, 6.45) is 2.43. The third-order valence-corrected chi connectivity index (χ3v) is 6.50. The van der Waals surface area contributed by atoms with Crippen LogP contribution in [0, 0.1) is 13.8 Å². The van der Waals surface area contributed by atoms with Crippen LogP contribution in [-0.4, -0.2) is 30.4 Å². The number of carbonyl (C=O) groups excluding carboxylic acids is 1. The van der Waals surface area contributed by atoms with Crippen LogP contribution in [0.5, 0.6) is 0 Å². The highest BCUT2D eigenvalue weighted by Gasteiger charge is 2.26. The van der Waals surface area contributed by atoms with Crippen molar-refractivity contribution in [3.63, 3.8) is 0 Å². The minimum Gasteiger partial charge on any atom is -0.451 e. The maximum absolute atomic E-state index is 13.0. The van der Waals surface area contributed by atoms with Crippen molar-refractivity contribution in [1.82, 2.24) is 10.2 Å². The Bertz CT molecular complexity index is 1070. The van der Waals surface area contributed by atoms with E-state index in [1.54, 1.807) is 0 Å². The van der Waals surface area contributed by atoms with Gasteiger partial charge in [-0.1, -0.05) is 57.2 Å². The molecule has 0 saturated carbocycles. The molecule has 31 heavy (non-hydrogen) atoms. The lowest BCUT2D eigenvalue weighted by Gasteiger charge is -2.29. The van der Waals surface area contributed by atoms with Gasteiger partial charge in [0.1, 0.15) is 5.58 Å². The van der Waals surface area contributed by atoms with Crippen LogP contribution in [0.3, 0.4) is 0 Å². The molecule has 0 spiro atoms. The van der Waals surface area contributed by atoms with Crippen LogP contribution < -0.4 is 5.32 Å². The molecule has 4 rings (SSSR count). The predicted molar refractivity (Wildman–Crippen MR) is 127 cm³/mol. The third-order valence-electron chi connectivity index (χ3n) is 6.50. The van der Waals surface area contributed by atoms with Crippen molar-refractivity contribution in [2.45, 2.75) is 58.9 Å². The zero-order valence-electron chi connectivity index (χ0n) is 19.4. The Kier molecular flexibility index (Phi) is 5.94. The molecule has 1 unspecified atom stereocenters. The molecule has 1 aromatic heterocycles. The number of benzene rings is 2. The second-order valence-electron chi connectivity index (χ2n) is 9.90. The molecule has 2 heterocycles. The number of hydrogen-bond acceptors (Lipinski definition) is 3. The fourth-order valence-corrected chi connectivity index (χ4v) is 4.54. The molecule has 164 valence electrons. The Balaban J connectivity index is 1.54. The highest BCUT2D eigenvalue weighted by Crippen LogP contribution is 2.29. The molecule has 4 heteroatoms. The number of aryl methyl sites for hydroxylation is 2. The fraction of sp³-hybridized carbons (Fsp3) is 0.444. The Labute approximate surface area is 185 Å². The summed E-state index contributed by atoms with van der Waals surface area (Å²) in [5.41, 5.74) is 5.52. The van der Waals surface area contributed by atoms with Gasteiger partial charge in [-0.3, -0.25) is 9.69 Å². The first-order valence-electron chi connectivity index (χ1n) is 11.4. The molecule has 1 saturated heterocycles. The fourth-order valence-electron chi connectivity index (χ4n) is 4.54. The molecule has 0 bridgehead atoms. The number of fused-ring (bicyclic) bond motifs is 1. The van der Waals surface area contributed by atoms with Gasteiger partial charge in [0.2, 0.25) is 0 Å². The first kappa shape index (κ1) is 21.6. The van der Waals surface area contributed by atoms with Gasteiger partial charge in [-0.2, -0.15) is 0 Å². The van der Waals surface area contributed by atoms with Crippen LogP contribution >= 0.6 is 0 Å². The number of furan rings is 1. The van der Waals surface area contributed by atoms with Gasteiger partial charge in [0, 0.05) is 17.5 Å². The van der Waals surface area contributed by atoms with E-state index in [-0.39, 0.29) is 17.4 Å². The van der Waals surface area contributed by atoms with Gasteiger partial charge < -0.3 is 9.73 Å². The van der Waals surface area contributed by atoms with Crippen LogP contribution in [0.4, 0.5) is 0 Å². The average molecular weight is 419 g/mol. The molecule has 0 aliphatic carbocycles. The predicted octanol–water partition coefficient (Wildman–Crippen LogP) is 5.91. The maximum atomic E-state index is 13.0. The summed E-state index contributed by atoms with van der Waals surface area (Å²) in [7, 11) is 0. The van der Waals surface area contributed by atoms with Crippen molar-refractivity contribution in [1.29, 1.82) is 0 Å². The molecular formula is C27H34N2O2. The molecular weight excluding hydrogens is 384 g/mol. The van der Waals surface area contributed by atoms with Crippen molar-refractivity contribution in [2.24, 2.45) is 0 Å². The first-order chi connectivity index (χ1) is 14.7. The van der Waals surface area contributed by atoms with Crippen molar-refractivity contribution in [3.8, 4) is 0 Å². The Morgan fingerprint density at radius 2 is 1.74 bits per heavy atom. The van der Waals surface area contributed by atoms with Crippen molar-refractivity contribution < 1.29 is 9.21 Å². The largest absolute Gasteiger partial charge is 0.451 e. The van der Waals surface area contributed by atoms with Crippen LogP contribution in [0.25, 0.3) is 11.0 Å². The molecule has 1 aliphatic rings. The first-order valence-corrected chi connectivity index (χ1v) is 11.4. The molecule has 0 radical (unpaired) electrons. The summed E-state index contributed by atoms with van der Waals surface area (Å²) in [6, 6.07) is 15.2. The van der Waals surface area contributed by atoms with E-state index in [9.17, 15) is 4.79 Å². The molecule has 3 aromatic rings. The number of nitrogens with zero attached hydrogens (tertiary/aromatic N) is 1. The summed E-state index contributed by atoms with van der Waals surface area (Å²) in [5.74, 6) is 0.283. The topological polar surface area (TPSA) is 45.5 Å². The second kappa shape index (κ2) is 8.51. The normalized spacial score (nSPS) is 16.0. The SMILES string of the molecule is Cc1ccc2c(C)c(C(=O)NCC(c3ccc(C(C)(C)C)cc3)N3CCCC3)oc2c1. The highest BCUT2D eigenvalue weighted by atomic mass is 16.3. The second-order valence-corrected chi connectivity index (χ2v) is 9.90. The molecule has 1 fully saturated rings. The lowest BCUT2D eigenvalue weighted by molar-refractivity contribution is 0.0911. The number of hydrogen-bond donors (Lipinski definition) is 1. The molecule has 1 N–H and O–H groups in total. The van der Waals surface area contributed by atoms with Gasteiger partial charge in [0.25, 0.3) is 5.91 Å². The third kappa shape index (κ3) is 4.54. The number of likely N-dealkylation sites (tertiary alicyclic amines) is 1. The summed E-state index contributed by atoms with van der Waals surface area (Å²) in [6.45, 7) is 13.4. The molecule has 1 atom stereocenters. The van der Waals surface area contributed by atoms with E-state index in [1.807, 2.05) is 26.0 Å². The monoisotopic (exact) mass is 418 g/mol. The summed E-state index contributed by atoms with van der Waals surface area (Å²) in [5, 5.41) is 4.17. The van der Waals surface area contributed by atoms with Gasteiger partial charge in [0.15, 0.2) is 5.76 Å². The van der Waals surface area contributed by atoms with E-state index in [0.29, 0.717) is 12.3 Å². The van der Waals surface area contributed by atoms with Crippen LogP contribution in [0.15, 0.2) is 46.9 Å². The van der Waals surface area contributed by atoms with E-state index < -0.39 is 0 Å². The van der Waals surface area contributed by atoms with Crippen molar-refractivity contribution in [3.05, 3.63) is 70.5 Å². The van der Waals surface area contributed by atoms with E-state index in [1.165, 1.54) is 24.0 Å². The zero-order chi connectivity index (χ0) is 22.2. The maximum Gasteiger partial charge on any atom is 0.287 e. The molecule has 2 aromatic carbocycles. The number of carbonyl (C=O) groups is 1. The van der Waals surface area contributed by atoms with Crippen LogP contribution in [0.1, 0.15) is 72.5 Å². The lowest BCUT2D eigenvalue weighted by Crippen LogP contribution is -2.37. The smallest absolute Gasteiger partial charge is 0.287 e. The number of amides is 1. The van der Waals surface area contributed by atoms with Gasteiger partial charge in [-0.15, -0.1) is 0 Å². The minimum absolute atomic E-state index is 0.132. The summed E-state index contributed by atoms with van der Waals surface area (Å²) < 4.78 is 5.93. The van der Waals surface area contributed by atoms with E-state index in [0.717, 1.165) is 35.2 Å². The molecule has 1 aliphatic heterocycles. The zero-order valence-corrected chi connectivity index (χ0v) is 19.4. The van der Waals surface area contributed by atoms with Crippen LogP contribution in [0.2, 0.25) is 0 Å². The minimum atomic E-state index is -0.137. The Morgan fingerprint density at radius 1 is 1.06 bits per heavy atom. The average Bonchev–Trinajstić information content (AvgIpc) is 3.36. The van der Waals surface area contributed by atoms with Crippen molar-refractivity contribution >= 4 is 16.9 Å². The van der Waals surface area contributed by atoms with E-state index in [2.05, 4.69) is 61.3 Å². The summed E-state index contributed by atoms with van der Waals surface area (Å²) in [4.78, 5) is 15.5. The highest BCUT2D eigenvalue weighted by molar-refractivity contribution is 5.99. The molecule has 4 nitrogen and oxygen atoms in total. The molecule has 1 amide bonds. The Hall–Kier alpha value is -2.59. The van der Waals surface area contributed by atoms with Gasteiger partial charge in [0.05, 0.1) is 6.04 Å². The Morgan fingerprint density at radius 3 is 2.39 bits per heavy atom. The van der Waals surface area contributed by atoms with Gasteiger partial charge >= 0.3 is 0 Å². The van der Waals surface area contributed by atoms with Crippen molar-refractivity contribution in [2.75, 3.05) is 19.6 Å². The van der Waals surface area contributed by atoms with Crippen LogP contribution in [-0.2, 0) is 5.41 Å². The number of nitrogens with one attached hydrogen (secondary N) is 1. The van der Waals surface area contributed by atoms with Gasteiger partial charge in [-0.25, -0.2) is 0 Å². The number of rotatable bonds is 5. The lowest BCUT2D eigenvalue weighted by atomic mass is 9.86.